The highest BCUT2D eigenvalue weighted by Crippen LogP contribution is 1.88. The Morgan fingerprint density at radius 1 is 1.45 bits per heavy atom. The molecule has 1 saturated heterocycles. The van der Waals surface area contributed by atoms with Crippen molar-refractivity contribution < 1.29 is 19.5 Å². The lowest BCUT2D eigenvalue weighted by molar-refractivity contribution is -0.147. The Kier molecular flexibility index (Phi) is 1.75. The molecular formula is C5H6N2O4. The van der Waals surface area contributed by atoms with Crippen LogP contribution in [0.25, 0.3) is 0 Å². The summed E-state index contributed by atoms with van der Waals surface area (Å²) in [6.07, 6.45) is 0. The molecule has 6 nitrogen and oxygen atoms in total. The second-order valence-electron chi connectivity index (χ2n) is 2.07. The number of hydrogen-bond donors (Lipinski definition) is 3. The summed E-state index contributed by atoms with van der Waals surface area (Å²) in [5, 5.41) is 12.5. The molecule has 3 N–H and O–H groups in total. The van der Waals surface area contributed by atoms with Crippen molar-refractivity contribution in [1.29, 1.82) is 0 Å². The lowest BCUT2D eigenvalue weighted by atomic mass is 10.2. The fourth-order valence-electron chi connectivity index (χ4n) is 0.699. The van der Waals surface area contributed by atoms with Crippen LogP contribution in [-0.2, 0) is 14.4 Å². The third-order valence-corrected chi connectivity index (χ3v) is 1.28. The van der Waals surface area contributed by atoms with E-state index in [1.165, 1.54) is 0 Å². The van der Waals surface area contributed by atoms with Crippen LogP contribution in [0.2, 0.25) is 0 Å². The van der Waals surface area contributed by atoms with Gasteiger partial charge < -0.3 is 15.7 Å². The van der Waals surface area contributed by atoms with Crippen molar-refractivity contribution in [3.63, 3.8) is 0 Å². The van der Waals surface area contributed by atoms with Gasteiger partial charge in [-0.1, -0.05) is 0 Å². The predicted molar refractivity (Wildman–Crippen MR) is 32.6 cm³/mol. The van der Waals surface area contributed by atoms with Crippen LogP contribution >= 0.6 is 0 Å². The number of aliphatic carboxylic acids is 1. The summed E-state index contributed by atoms with van der Waals surface area (Å²) in [7, 11) is 0. The number of amides is 2. The zero-order valence-electron chi connectivity index (χ0n) is 5.46. The van der Waals surface area contributed by atoms with Crippen LogP contribution in [0, 0.1) is 0 Å². The van der Waals surface area contributed by atoms with Gasteiger partial charge in [-0.15, -0.1) is 0 Å². The lowest BCUT2D eigenvalue weighted by Gasteiger charge is -2.19. The quantitative estimate of drug-likeness (QED) is 0.373. The zero-order valence-corrected chi connectivity index (χ0v) is 5.46. The number of piperazine rings is 1. The second kappa shape index (κ2) is 2.57. The van der Waals surface area contributed by atoms with Gasteiger partial charge in [0.25, 0.3) is 0 Å². The van der Waals surface area contributed by atoms with E-state index >= 15 is 0 Å². The number of nitrogens with one attached hydrogen (secondary N) is 2. The van der Waals surface area contributed by atoms with E-state index < -0.39 is 23.8 Å². The van der Waals surface area contributed by atoms with E-state index in [-0.39, 0.29) is 6.54 Å². The number of carbonyl (C=O) groups excluding carboxylic acids is 2. The summed E-state index contributed by atoms with van der Waals surface area (Å²) in [6.45, 7) is -0.0556. The van der Waals surface area contributed by atoms with Gasteiger partial charge in [-0.3, -0.25) is 9.59 Å². The molecule has 0 aromatic rings. The normalized spacial score (nSPS) is 23.8. The maximum atomic E-state index is 10.5. The molecule has 0 radical (unpaired) electrons. The largest absolute Gasteiger partial charge is 0.480 e. The Hall–Kier alpha value is -1.59. The number of rotatable bonds is 1. The maximum Gasteiger partial charge on any atom is 0.328 e. The van der Waals surface area contributed by atoms with Crippen LogP contribution in [0.3, 0.4) is 0 Å². The molecule has 1 atom stereocenters. The van der Waals surface area contributed by atoms with E-state index in [1.54, 1.807) is 0 Å². The molecule has 0 aliphatic carbocycles. The fraction of sp³-hybridized carbons (Fsp3) is 0.400. The molecule has 0 aromatic heterocycles. The van der Waals surface area contributed by atoms with Gasteiger partial charge in [-0.2, -0.15) is 0 Å². The second-order valence-corrected chi connectivity index (χ2v) is 2.07. The maximum absolute atomic E-state index is 10.5. The molecule has 1 fully saturated rings. The molecule has 0 spiro atoms. The van der Waals surface area contributed by atoms with Crippen molar-refractivity contribution in [2.45, 2.75) is 6.04 Å². The van der Waals surface area contributed by atoms with Crippen molar-refractivity contribution in [3.8, 4) is 0 Å². The molecule has 1 aliphatic rings. The SMILES string of the molecule is O=C1NC[C@H](C(=O)O)NC1=O. The number of hydrogen-bond acceptors (Lipinski definition) is 3. The van der Waals surface area contributed by atoms with E-state index in [1.807, 2.05) is 5.32 Å². The van der Waals surface area contributed by atoms with Gasteiger partial charge in [0.15, 0.2) is 0 Å². The van der Waals surface area contributed by atoms with Gasteiger partial charge in [-0.25, -0.2) is 4.79 Å². The molecule has 0 unspecified atom stereocenters. The van der Waals surface area contributed by atoms with Crippen LogP contribution in [-0.4, -0.2) is 35.5 Å². The third kappa shape index (κ3) is 1.46. The smallest absolute Gasteiger partial charge is 0.328 e. The topological polar surface area (TPSA) is 95.5 Å². The van der Waals surface area contributed by atoms with Crippen LogP contribution in [0.1, 0.15) is 0 Å². The highest BCUT2D eigenvalue weighted by Gasteiger charge is 2.29. The van der Waals surface area contributed by atoms with Crippen LogP contribution < -0.4 is 10.6 Å². The molecule has 1 rings (SSSR count). The molecule has 2 amide bonds. The number of carboxylic acid groups (broad SMARTS) is 1. The van der Waals surface area contributed by atoms with Crippen molar-refractivity contribution in [2.24, 2.45) is 0 Å². The fourth-order valence-corrected chi connectivity index (χ4v) is 0.699. The molecule has 1 aliphatic heterocycles. The molecular weight excluding hydrogens is 152 g/mol. The summed E-state index contributed by atoms with van der Waals surface area (Å²) in [6, 6.07) is -1.000. The Labute approximate surface area is 61.6 Å². The average Bonchev–Trinajstić information content (AvgIpc) is 1.94. The molecule has 0 saturated carbocycles. The molecule has 60 valence electrons. The molecule has 1 heterocycles. The summed E-state index contributed by atoms with van der Waals surface area (Å²) in [4.78, 5) is 31.2. The monoisotopic (exact) mass is 158 g/mol. The average molecular weight is 158 g/mol. The first-order valence-electron chi connectivity index (χ1n) is 2.93. The first kappa shape index (κ1) is 7.52. The summed E-state index contributed by atoms with van der Waals surface area (Å²) in [5.74, 6) is -2.84. The van der Waals surface area contributed by atoms with E-state index in [0.29, 0.717) is 0 Å². The minimum Gasteiger partial charge on any atom is -0.480 e. The third-order valence-electron chi connectivity index (χ3n) is 1.28. The van der Waals surface area contributed by atoms with Crippen molar-refractivity contribution >= 4 is 17.8 Å². The highest BCUT2D eigenvalue weighted by atomic mass is 16.4. The Morgan fingerprint density at radius 2 is 2.09 bits per heavy atom. The van der Waals surface area contributed by atoms with Crippen LogP contribution in [0.15, 0.2) is 0 Å². The van der Waals surface area contributed by atoms with Gasteiger partial charge in [-0.05, 0) is 0 Å². The number of carboxylic acids is 1. The van der Waals surface area contributed by atoms with Gasteiger partial charge in [0, 0.05) is 6.54 Å². The lowest BCUT2D eigenvalue weighted by Crippen LogP contribution is -2.58. The molecule has 6 heteroatoms. The van der Waals surface area contributed by atoms with Gasteiger partial charge in [0.2, 0.25) is 0 Å². The Bertz CT molecular complexity index is 225. The summed E-state index contributed by atoms with van der Waals surface area (Å²) < 4.78 is 0. The van der Waals surface area contributed by atoms with Crippen LogP contribution in [0.5, 0.6) is 0 Å². The van der Waals surface area contributed by atoms with E-state index in [9.17, 15) is 14.4 Å². The van der Waals surface area contributed by atoms with E-state index in [2.05, 4.69) is 5.32 Å². The van der Waals surface area contributed by atoms with E-state index in [4.69, 9.17) is 5.11 Å². The zero-order chi connectivity index (χ0) is 8.43. The predicted octanol–water partition coefficient (Wildman–Crippen LogP) is -2.31. The van der Waals surface area contributed by atoms with Gasteiger partial charge in [0.1, 0.15) is 6.04 Å². The van der Waals surface area contributed by atoms with Crippen molar-refractivity contribution in [1.82, 2.24) is 10.6 Å². The van der Waals surface area contributed by atoms with Crippen molar-refractivity contribution in [3.05, 3.63) is 0 Å². The van der Waals surface area contributed by atoms with Crippen LogP contribution in [0.4, 0.5) is 0 Å². The van der Waals surface area contributed by atoms with Gasteiger partial charge in [0.05, 0.1) is 0 Å². The molecule has 0 aromatic carbocycles. The number of carbonyl (C=O) groups is 3. The first-order valence-corrected chi connectivity index (χ1v) is 2.93. The highest BCUT2D eigenvalue weighted by molar-refractivity contribution is 6.36. The van der Waals surface area contributed by atoms with Gasteiger partial charge >= 0.3 is 17.8 Å². The summed E-state index contributed by atoms with van der Waals surface area (Å²) >= 11 is 0. The van der Waals surface area contributed by atoms with Crippen molar-refractivity contribution in [2.75, 3.05) is 6.54 Å². The Morgan fingerprint density at radius 3 is 2.55 bits per heavy atom. The Balaban J connectivity index is 2.60. The standard InChI is InChI=1S/C5H6N2O4/c8-3-4(9)7-2(1-6-3)5(10)11/h2H,1H2,(H,6,8)(H,7,9)(H,10,11)/t2-/m1/s1. The minimum absolute atomic E-state index is 0.0556. The minimum atomic E-state index is -1.15. The molecule has 11 heavy (non-hydrogen) atoms. The molecule has 0 bridgehead atoms. The summed E-state index contributed by atoms with van der Waals surface area (Å²) in [5.41, 5.74) is 0. The first-order chi connectivity index (χ1) is 5.11. The van der Waals surface area contributed by atoms with E-state index in [0.717, 1.165) is 0 Å².